The molecule has 94 valence electrons. The van der Waals surface area contributed by atoms with Crippen molar-refractivity contribution in [3.05, 3.63) is 60.7 Å². The van der Waals surface area contributed by atoms with E-state index in [1.165, 1.54) is 12.1 Å². The van der Waals surface area contributed by atoms with Crippen molar-refractivity contribution in [2.75, 3.05) is 5.73 Å². The number of anilines is 1. The van der Waals surface area contributed by atoms with E-state index < -0.39 is 0 Å². The summed E-state index contributed by atoms with van der Waals surface area (Å²) in [6.45, 7) is 0. The lowest BCUT2D eigenvalue weighted by atomic mass is 10.1. The Morgan fingerprint density at radius 2 is 1.74 bits per heavy atom. The number of fused-ring (bicyclic) bond motifs is 1. The number of rotatable bonds is 2. The monoisotopic (exact) mass is 254 g/mol. The van der Waals surface area contributed by atoms with Crippen LogP contribution < -0.4 is 10.5 Å². The lowest BCUT2D eigenvalue weighted by Gasteiger charge is -2.10. The third-order valence-electron chi connectivity index (χ3n) is 2.85. The first-order valence-electron chi connectivity index (χ1n) is 5.80. The van der Waals surface area contributed by atoms with Crippen LogP contribution in [0.5, 0.6) is 11.5 Å². The predicted molar refractivity (Wildman–Crippen MR) is 72.6 cm³/mol. The van der Waals surface area contributed by atoms with Gasteiger partial charge in [-0.3, -0.25) is 4.98 Å². The number of halogens is 1. The zero-order valence-electron chi connectivity index (χ0n) is 10.0. The number of nitrogens with two attached hydrogens (primary N) is 1. The predicted octanol–water partition coefficient (Wildman–Crippen LogP) is 3.75. The number of benzene rings is 2. The lowest BCUT2D eigenvalue weighted by Crippen LogP contribution is -1.91. The molecule has 0 radical (unpaired) electrons. The van der Waals surface area contributed by atoms with Gasteiger partial charge in [-0.1, -0.05) is 0 Å². The van der Waals surface area contributed by atoms with Gasteiger partial charge in [0.05, 0.1) is 0 Å². The molecule has 0 bridgehead atoms. The van der Waals surface area contributed by atoms with Crippen molar-refractivity contribution in [3.8, 4) is 11.5 Å². The van der Waals surface area contributed by atoms with Crippen molar-refractivity contribution >= 4 is 16.5 Å². The Morgan fingerprint density at radius 3 is 2.53 bits per heavy atom. The normalized spacial score (nSPS) is 10.6. The van der Waals surface area contributed by atoms with Crippen molar-refractivity contribution in [2.24, 2.45) is 0 Å². The van der Waals surface area contributed by atoms with Crippen LogP contribution in [-0.4, -0.2) is 4.98 Å². The molecule has 0 unspecified atom stereocenters. The van der Waals surface area contributed by atoms with E-state index in [0.29, 0.717) is 17.2 Å². The first-order valence-corrected chi connectivity index (χ1v) is 5.80. The van der Waals surface area contributed by atoms with Gasteiger partial charge in [-0.2, -0.15) is 0 Å². The average molecular weight is 254 g/mol. The topological polar surface area (TPSA) is 48.1 Å². The summed E-state index contributed by atoms with van der Waals surface area (Å²) in [6, 6.07) is 11.3. The SMILES string of the molecule is Nc1ccc(Oc2ccc(F)cc2)c2cnccc12. The molecular weight excluding hydrogens is 243 g/mol. The van der Waals surface area contributed by atoms with Gasteiger partial charge in [0.15, 0.2) is 0 Å². The molecule has 0 atom stereocenters. The highest BCUT2D eigenvalue weighted by Gasteiger charge is 2.06. The van der Waals surface area contributed by atoms with Crippen molar-refractivity contribution in [1.82, 2.24) is 4.98 Å². The maximum Gasteiger partial charge on any atom is 0.136 e. The van der Waals surface area contributed by atoms with Crippen LogP contribution in [0.3, 0.4) is 0 Å². The fourth-order valence-electron chi connectivity index (χ4n) is 1.91. The molecule has 0 aliphatic carbocycles. The maximum atomic E-state index is 12.8. The van der Waals surface area contributed by atoms with Gasteiger partial charge in [0.1, 0.15) is 17.3 Å². The second-order valence-corrected chi connectivity index (χ2v) is 4.13. The largest absolute Gasteiger partial charge is 0.457 e. The van der Waals surface area contributed by atoms with Crippen molar-refractivity contribution < 1.29 is 9.13 Å². The third kappa shape index (κ3) is 2.20. The van der Waals surface area contributed by atoms with E-state index >= 15 is 0 Å². The number of nitrogens with zero attached hydrogens (tertiary/aromatic N) is 1. The molecule has 1 heterocycles. The fraction of sp³-hybridized carbons (Fsp3) is 0. The van der Waals surface area contributed by atoms with E-state index in [1.54, 1.807) is 36.7 Å². The molecule has 0 amide bonds. The smallest absolute Gasteiger partial charge is 0.136 e. The van der Waals surface area contributed by atoms with Gasteiger partial charge in [-0.15, -0.1) is 0 Å². The van der Waals surface area contributed by atoms with Crippen molar-refractivity contribution in [1.29, 1.82) is 0 Å². The molecule has 0 saturated heterocycles. The number of nitrogen functional groups attached to an aromatic ring is 1. The maximum absolute atomic E-state index is 12.8. The second-order valence-electron chi connectivity index (χ2n) is 4.13. The molecule has 3 nitrogen and oxygen atoms in total. The minimum atomic E-state index is -0.295. The third-order valence-corrected chi connectivity index (χ3v) is 2.85. The molecule has 1 aromatic heterocycles. The highest BCUT2D eigenvalue weighted by Crippen LogP contribution is 2.32. The number of aromatic nitrogens is 1. The van der Waals surface area contributed by atoms with Crippen molar-refractivity contribution in [2.45, 2.75) is 0 Å². The minimum Gasteiger partial charge on any atom is -0.457 e. The molecule has 4 heteroatoms. The van der Waals surface area contributed by atoms with Gasteiger partial charge < -0.3 is 10.5 Å². The van der Waals surface area contributed by atoms with Crippen LogP contribution in [0.15, 0.2) is 54.9 Å². The zero-order chi connectivity index (χ0) is 13.2. The number of hydrogen-bond donors (Lipinski definition) is 1. The molecule has 2 aromatic carbocycles. The van der Waals surface area contributed by atoms with Crippen LogP contribution in [0.25, 0.3) is 10.8 Å². The fourth-order valence-corrected chi connectivity index (χ4v) is 1.91. The number of ether oxygens (including phenoxy) is 1. The Bertz CT molecular complexity index is 726. The molecule has 0 spiro atoms. The Hall–Kier alpha value is -2.62. The Morgan fingerprint density at radius 1 is 0.947 bits per heavy atom. The van der Waals surface area contributed by atoms with E-state index in [4.69, 9.17) is 10.5 Å². The van der Waals surface area contributed by atoms with Crippen LogP contribution in [-0.2, 0) is 0 Å². The van der Waals surface area contributed by atoms with Crippen LogP contribution in [0.1, 0.15) is 0 Å². The van der Waals surface area contributed by atoms with E-state index in [9.17, 15) is 4.39 Å². The highest BCUT2D eigenvalue weighted by atomic mass is 19.1. The summed E-state index contributed by atoms with van der Waals surface area (Å²) in [4.78, 5) is 4.07. The van der Waals surface area contributed by atoms with E-state index in [2.05, 4.69) is 4.98 Å². The molecule has 0 aliphatic rings. The van der Waals surface area contributed by atoms with Crippen molar-refractivity contribution in [3.63, 3.8) is 0 Å². The van der Waals surface area contributed by atoms with Gasteiger partial charge in [0, 0.05) is 28.9 Å². The summed E-state index contributed by atoms with van der Waals surface area (Å²) in [5, 5.41) is 1.71. The van der Waals surface area contributed by atoms with Gasteiger partial charge in [0.25, 0.3) is 0 Å². The molecule has 0 aliphatic heterocycles. The Balaban J connectivity index is 2.06. The first-order chi connectivity index (χ1) is 9.24. The van der Waals surface area contributed by atoms with E-state index in [0.717, 1.165) is 10.8 Å². The summed E-state index contributed by atoms with van der Waals surface area (Å²) in [5.74, 6) is 0.913. The number of pyridine rings is 1. The summed E-state index contributed by atoms with van der Waals surface area (Å²) >= 11 is 0. The lowest BCUT2D eigenvalue weighted by molar-refractivity contribution is 0.486. The molecule has 2 N–H and O–H groups in total. The van der Waals surface area contributed by atoms with Crippen LogP contribution in [0, 0.1) is 5.82 Å². The van der Waals surface area contributed by atoms with E-state index in [1.807, 2.05) is 6.07 Å². The summed E-state index contributed by atoms with van der Waals surface area (Å²) < 4.78 is 18.6. The zero-order valence-corrected chi connectivity index (χ0v) is 10.0. The molecule has 19 heavy (non-hydrogen) atoms. The summed E-state index contributed by atoms with van der Waals surface area (Å²) in [6.07, 6.45) is 3.38. The van der Waals surface area contributed by atoms with Crippen LogP contribution >= 0.6 is 0 Å². The van der Waals surface area contributed by atoms with Gasteiger partial charge >= 0.3 is 0 Å². The minimum absolute atomic E-state index is 0.295. The standard InChI is InChI=1S/C15H11FN2O/c16-10-1-3-11(4-2-10)19-15-6-5-14(17)12-7-8-18-9-13(12)15/h1-9H,17H2. The number of hydrogen-bond acceptors (Lipinski definition) is 3. The molecule has 3 aromatic rings. The molecule has 0 fully saturated rings. The summed E-state index contributed by atoms with van der Waals surface area (Å²) in [7, 11) is 0. The quantitative estimate of drug-likeness (QED) is 0.708. The average Bonchev–Trinajstić information content (AvgIpc) is 2.45. The first kappa shape index (κ1) is 11.5. The Labute approximate surface area is 109 Å². The van der Waals surface area contributed by atoms with Crippen LogP contribution in [0.4, 0.5) is 10.1 Å². The van der Waals surface area contributed by atoms with E-state index in [-0.39, 0.29) is 5.82 Å². The van der Waals surface area contributed by atoms with Crippen LogP contribution in [0.2, 0.25) is 0 Å². The second kappa shape index (κ2) is 4.57. The molecule has 0 saturated carbocycles. The van der Waals surface area contributed by atoms with Gasteiger partial charge in [-0.25, -0.2) is 4.39 Å². The Kier molecular flexibility index (Phi) is 2.76. The molecular formula is C15H11FN2O. The summed E-state index contributed by atoms with van der Waals surface area (Å²) in [5.41, 5.74) is 6.58. The van der Waals surface area contributed by atoms with Gasteiger partial charge in [0.2, 0.25) is 0 Å². The molecule has 3 rings (SSSR count). The van der Waals surface area contributed by atoms with Gasteiger partial charge in [-0.05, 0) is 42.5 Å². The highest BCUT2D eigenvalue weighted by molar-refractivity contribution is 5.96.